The van der Waals surface area contributed by atoms with Gasteiger partial charge in [-0.3, -0.25) is 4.98 Å². The van der Waals surface area contributed by atoms with Crippen LogP contribution in [0.3, 0.4) is 0 Å². The van der Waals surface area contributed by atoms with Crippen molar-refractivity contribution in [2.45, 2.75) is 31.1 Å². The topological polar surface area (TPSA) is 52.5 Å². The highest BCUT2D eigenvalue weighted by molar-refractivity contribution is 6.42. The van der Waals surface area contributed by atoms with E-state index in [9.17, 15) is 13.2 Å². The fraction of sp³-hybridized carbons (Fsp3) is 0.400. The quantitative estimate of drug-likeness (QED) is 0.657. The minimum atomic E-state index is -4.48. The SMILES string of the molecule is CN1CCC2(CC1)Nc1cc(Cl)c(Cl)cc1N=C2NCc1ccnc(C(F)(F)F)c1. The number of aliphatic imine (C=N–C) groups is 1. The first-order valence-corrected chi connectivity index (χ1v) is 10.2. The number of likely N-dealkylation sites (tertiary alicyclic amines) is 1. The molecule has 30 heavy (non-hydrogen) atoms. The van der Waals surface area contributed by atoms with Crippen molar-refractivity contribution in [1.82, 2.24) is 15.2 Å². The maximum Gasteiger partial charge on any atom is 0.433 e. The average Bonchev–Trinajstić information content (AvgIpc) is 2.70. The molecule has 5 nitrogen and oxygen atoms in total. The monoisotopic (exact) mass is 457 g/mol. The third kappa shape index (κ3) is 4.22. The Morgan fingerprint density at radius 3 is 2.57 bits per heavy atom. The molecule has 4 rings (SSSR count). The molecule has 1 aromatic heterocycles. The van der Waals surface area contributed by atoms with Crippen molar-refractivity contribution in [3.63, 3.8) is 0 Å². The molecule has 0 saturated carbocycles. The molecule has 0 atom stereocenters. The number of aromatic nitrogens is 1. The van der Waals surface area contributed by atoms with Gasteiger partial charge in [-0.1, -0.05) is 23.2 Å². The lowest BCUT2D eigenvalue weighted by Gasteiger charge is -2.45. The molecule has 2 aromatic rings. The minimum Gasteiger partial charge on any atom is -0.371 e. The van der Waals surface area contributed by atoms with E-state index < -0.39 is 17.4 Å². The number of hydrogen-bond acceptors (Lipinski definition) is 5. The summed E-state index contributed by atoms with van der Waals surface area (Å²) in [5.74, 6) is 0.687. The summed E-state index contributed by atoms with van der Waals surface area (Å²) < 4.78 is 38.9. The number of pyridine rings is 1. The Morgan fingerprint density at radius 1 is 1.17 bits per heavy atom. The van der Waals surface area contributed by atoms with E-state index in [1.165, 1.54) is 6.20 Å². The van der Waals surface area contributed by atoms with E-state index in [2.05, 4.69) is 27.6 Å². The summed E-state index contributed by atoms with van der Waals surface area (Å²) in [6.45, 7) is 1.91. The third-order valence-electron chi connectivity index (χ3n) is 5.51. The number of piperidine rings is 1. The van der Waals surface area contributed by atoms with E-state index >= 15 is 0 Å². The van der Waals surface area contributed by atoms with Gasteiger partial charge in [-0.05, 0) is 49.7 Å². The van der Waals surface area contributed by atoms with Crippen LogP contribution in [-0.4, -0.2) is 41.4 Å². The van der Waals surface area contributed by atoms with Crippen molar-refractivity contribution in [2.75, 3.05) is 25.5 Å². The minimum absolute atomic E-state index is 0.195. The van der Waals surface area contributed by atoms with Crippen molar-refractivity contribution in [2.24, 2.45) is 4.99 Å². The molecular formula is C20H20Cl2F3N5. The van der Waals surface area contributed by atoms with Crippen LogP contribution in [0.15, 0.2) is 35.5 Å². The molecular weight excluding hydrogens is 438 g/mol. The van der Waals surface area contributed by atoms with Crippen LogP contribution in [0.2, 0.25) is 10.0 Å². The van der Waals surface area contributed by atoms with E-state index in [0.717, 1.165) is 37.7 Å². The average molecular weight is 458 g/mol. The van der Waals surface area contributed by atoms with Gasteiger partial charge in [0.2, 0.25) is 0 Å². The number of rotatable bonds is 2. The molecule has 0 amide bonds. The molecule has 1 aromatic carbocycles. The van der Waals surface area contributed by atoms with Gasteiger partial charge in [0.25, 0.3) is 0 Å². The first-order chi connectivity index (χ1) is 14.2. The number of alkyl halides is 3. The van der Waals surface area contributed by atoms with Crippen LogP contribution in [0, 0.1) is 0 Å². The van der Waals surface area contributed by atoms with Crippen molar-refractivity contribution >= 4 is 40.4 Å². The van der Waals surface area contributed by atoms with E-state index in [-0.39, 0.29) is 6.54 Å². The Balaban J connectivity index is 1.64. The Morgan fingerprint density at radius 2 is 1.87 bits per heavy atom. The predicted molar refractivity (Wildman–Crippen MR) is 113 cm³/mol. The number of fused-ring (bicyclic) bond motifs is 1. The van der Waals surface area contributed by atoms with Gasteiger partial charge >= 0.3 is 6.18 Å². The van der Waals surface area contributed by atoms with Crippen LogP contribution >= 0.6 is 23.2 Å². The summed E-state index contributed by atoms with van der Waals surface area (Å²) in [6.07, 6.45) is -1.73. The zero-order valence-electron chi connectivity index (χ0n) is 16.2. The molecule has 0 bridgehead atoms. The van der Waals surface area contributed by atoms with Crippen LogP contribution in [0.1, 0.15) is 24.1 Å². The summed E-state index contributed by atoms with van der Waals surface area (Å²) in [4.78, 5) is 10.4. The largest absolute Gasteiger partial charge is 0.433 e. The Bertz CT molecular complexity index is 985. The second kappa shape index (κ2) is 7.90. The molecule has 0 unspecified atom stereocenters. The van der Waals surface area contributed by atoms with E-state index in [1.807, 2.05) is 0 Å². The fourth-order valence-electron chi connectivity index (χ4n) is 3.77. The van der Waals surface area contributed by atoms with Crippen molar-refractivity contribution in [3.8, 4) is 0 Å². The summed E-state index contributed by atoms with van der Waals surface area (Å²) in [7, 11) is 2.06. The highest BCUT2D eigenvalue weighted by Gasteiger charge is 2.41. The predicted octanol–water partition coefficient (Wildman–Crippen LogP) is 5.12. The Hall–Kier alpha value is -2.03. The maximum absolute atomic E-state index is 13.0. The summed E-state index contributed by atoms with van der Waals surface area (Å²) in [6, 6.07) is 6.06. The number of nitrogens with zero attached hydrogens (tertiary/aromatic N) is 3. The van der Waals surface area contributed by atoms with Crippen LogP contribution < -0.4 is 10.6 Å². The van der Waals surface area contributed by atoms with Gasteiger partial charge in [0.15, 0.2) is 0 Å². The van der Waals surface area contributed by atoms with Gasteiger partial charge < -0.3 is 15.5 Å². The number of anilines is 1. The number of benzene rings is 1. The number of halogens is 5. The normalized spacial score (nSPS) is 18.5. The first-order valence-electron chi connectivity index (χ1n) is 9.47. The van der Waals surface area contributed by atoms with Crippen molar-refractivity contribution in [1.29, 1.82) is 0 Å². The van der Waals surface area contributed by atoms with Crippen molar-refractivity contribution < 1.29 is 13.2 Å². The van der Waals surface area contributed by atoms with Crippen molar-refractivity contribution in [3.05, 3.63) is 51.8 Å². The highest BCUT2D eigenvalue weighted by Crippen LogP contribution is 2.42. The molecule has 160 valence electrons. The lowest BCUT2D eigenvalue weighted by Crippen LogP contribution is -2.58. The van der Waals surface area contributed by atoms with Gasteiger partial charge in [-0.25, -0.2) is 4.99 Å². The Kier molecular flexibility index (Phi) is 5.59. The van der Waals surface area contributed by atoms with E-state index in [0.29, 0.717) is 27.1 Å². The van der Waals surface area contributed by atoms with Gasteiger partial charge in [-0.15, -0.1) is 0 Å². The smallest absolute Gasteiger partial charge is 0.371 e. The zero-order valence-corrected chi connectivity index (χ0v) is 17.7. The molecule has 1 fully saturated rings. The highest BCUT2D eigenvalue weighted by atomic mass is 35.5. The molecule has 0 radical (unpaired) electrons. The third-order valence-corrected chi connectivity index (χ3v) is 6.24. The summed E-state index contributed by atoms with van der Waals surface area (Å²) in [5, 5.41) is 7.66. The van der Waals surface area contributed by atoms with Gasteiger partial charge in [0.05, 0.1) is 27.0 Å². The molecule has 2 N–H and O–H groups in total. The number of hydrogen-bond donors (Lipinski definition) is 2. The summed E-state index contributed by atoms with van der Waals surface area (Å²) >= 11 is 12.3. The van der Waals surface area contributed by atoms with Crippen LogP contribution in [0.5, 0.6) is 0 Å². The molecule has 2 aliphatic heterocycles. The van der Waals surface area contributed by atoms with Gasteiger partial charge in [0, 0.05) is 25.8 Å². The second-order valence-electron chi connectivity index (χ2n) is 7.65. The number of nitrogens with one attached hydrogen (secondary N) is 2. The molecule has 1 spiro atoms. The fourth-order valence-corrected chi connectivity index (χ4v) is 4.09. The number of amidine groups is 1. The maximum atomic E-state index is 13.0. The van der Waals surface area contributed by atoms with Crippen LogP contribution in [0.25, 0.3) is 0 Å². The molecule has 1 saturated heterocycles. The summed E-state index contributed by atoms with van der Waals surface area (Å²) in [5.41, 5.74) is 0.551. The lowest BCUT2D eigenvalue weighted by atomic mass is 9.84. The lowest BCUT2D eigenvalue weighted by molar-refractivity contribution is -0.141. The molecule has 2 aliphatic rings. The standard InChI is InChI=1S/C20H20Cl2F3N5/c1-30-6-3-19(4-7-30)18(28-15-9-13(21)14(22)10-16(15)29-19)27-11-12-2-5-26-17(8-12)20(23,24)25/h2,5,8-10,29H,3-4,6-7,11H2,1H3,(H,27,28). The van der Waals surface area contributed by atoms with Crippen LogP contribution in [0.4, 0.5) is 24.5 Å². The van der Waals surface area contributed by atoms with E-state index in [4.69, 9.17) is 28.2 Å². The Labute approximate surface area is 182 Å². The van der Waals surface area contributed by atoms with Crippen LogP contribution in [-0.2, 0) is 12.7 Å². The van der Waals surface area contributed by atoms with E-state index in [1.54, 1.807) is 18.2 Å². The zero-order chi connectivity index (χ0) is 21.5. The van der Waals surface area contributed by atoms with Gasteiger partial charge in [0.1, 0.15) is 11.5 Å². The molecule has 10 heteroatoms. The second-order valence-corrected chi connectivity index (χ2v) is 8.47. The van der Waals surface area contributed by atoms with Gasteiger partial charge in [-0.2, -0.15) is 13.2 Å². The molecule has 3 heterocycles. The molecule has 0 aliphatic carbocycles. The first kappa shape index (κ1) is 21.2.